The number of hydrogen-bond donors (Lipinski definition) is 1. The van der Waals surface area contributed by atoms with Crippen molar-refractivity contribution in [2.45, 2.75) is 6.18 Å². The van der Waals surface area contributed by atoms with E-state index in [9.17, 15) is 23.3 Å². The van der Waals surface area contributed by atoms with E-state index in [1.165, 1.54) is 6.07 Å². The van der Waals surface area contributed by atoms with Crippen molar-refractivity contribution >= 4 is 23.1 Å². The molecule has 19 heavy (non-hydrogen) atoms. The lowest BCUT2D eigenvalue weighted by Crippen LogP contribution is -2.20. The van der Waals surface area contributed by atoms with E-state index < -0.39 is 17.7 Å². The van der Waals surface area contributed by atoms with E-state index in [-0.39, 0.29) is 29.8 Å². The van der Waals surface area contributed by atoms with Gasteiger partial charge in [0.1, 0.15) is 11.8 Å². The van der Waals surface area contributed by atoms with Gasteiger partial charge in [-0.15, -0.1) is 0 Å². The molecular weight excluding hydrogens is 291 g/mol. The summed E-state index contributed by atoms with van der Waals surface area (Å²) in [4.78, 5) is 13.7. The zero-order valence-electron chi connectivity index (χ0n) is 9.41. The average Bonchev–Trinajstić information content (AvgIpc) is 2.26. The van der Waals surface area contributed by atoms with Crippen LogP contribution >= 0.6 is 11.6 Å². The predicted octanol–water partition coefficient (Wildman–Crippen LogP) is 2.63. The minimum Gasteiger partial charge on any atom is -0.370 e. The predicted molar refractivity (Wildman–Crippen MR) is 61.3 cm³/mol. The standard InChI is InChI=1S/C9H9ClF3N3O3/c10-7-2-1-6(16(17)18)8(15-7)14-3-4-19-5-9(11,12)13/h1-2H,3-5H2,(H,14,15). The molecule has 0 aromatic carbocycles. The molecule has 10 heteroatoms. The first-order valence-electron chi connectivity index (χ1n) is 4.99. The van der Waals surface area contributed by atoms with Crippen molar-refractivity contribution in [3.63, 3.8) is 0 Å². The number of nitrogens with zero attached hydrogens (tertiary/aromatic N) is 2. The van der Waals surface area contributed by atoms with Crippen LogP contribution in [0.15, 0.2) is 12.1 Å². The molecule has 0 radical (unpaired) electrons. The number of ether oxygens (including phenoxy) is 1. The number of nitrogens with one attached hydrogen (secondary N) is 1. The summed E-state index contributed by atoms with van der Waals surface area (Å²) in [6, 6.07) is 2.39. The zero-order valence-corrected chi connectivity index (χ0v) is 10.2. The molecule has 6 nitrogen and oxygen atoms in total. The molecule has 0 fully saturated rings. The molecule has 0 saturated heterocycles. The number of rotatable bonds is 6. The van der Waals surface area contributed by atoms with E-state index in [1.54, 1.807) is 0 Å². The maximum Gasteiger partial charge on any atom is 0.411 e. The van der Waals surface area contributed by atoms with Gasteiger partial charge in [-0.25, -0.2) is 4.98 Å². The van der Waals surface area contributed by atoms with E-state index in [0.29, 0.717) is 0 Å². The maximum absolute atomic E-state index is 11.8. The Balaban J connectivity index is 2.49. The smallest absolute Gasteiger partial charge is 0.370 e. The van der Waals surface area contributed by atoms with Gasteiger partial charge < -0.3 is 10.1 Å². The van der Waals surface area contributed by atoms with Gasteiger partial charge in [0.25, 0.3) is 0 Å². The summed E-state index contributed by atoms with van der Waals surface area (Å²) in [6.45, 7) is -1.71. The molecule has 1 N–H and O–H groups in total. The maximum atomic E-state index is 11.8. The summed E-state index contributed by atoms with van der Waals surface area (Å²) in [5.74, 6) is -0.117. The van der Waals surface area contributed by atoms with Gasteiger partial charge in [0, 0.05) is 12.6 Å². The van der Waals surface area contributed by atoms with Crippen molar-refractivity contribution in [2.24, 2.45) is 0 Å². The second-order valence-electron chi connectivity index (χ2n) is 3.35. The number of anilines is 1. The molecule has 0 bridgehead atoms. The fourth-order valence-electron chi connectivity index (χ4n) is 1.13. The Morgan fingerprint density at radius 2 is 2.16 bits per heavy atom. The number of halogens is 4. The van der Waals surface area contributed by atoms with Crippen LogP contribution in [0.4, 0.5) is 24.7 Å². The van der Waals surface area contributed by atoms with Crippen LogP contribution in [0, 0.1) is 10.1 Å². The van der Waals surface area contributed by atoms with Crippen molar-refractivity contribution in [3.05, 3.63) is 27.4 Å². The van der Waals surface area contributed by atoms with Gasteiger partial charge in [0.2, 0.25) is 5.82 Å². The molecule has 1 aromatic heterocycles. The quantitative estimate of drug-likeness (QED) is 0.378. The highest BCUT2D eigenvalue weighted by Crippen LogP contribution is 2.23. The Kier molecular flexibility index (Phi) is 5.31. The number of nitro groups is 1. The first-order chi connectivity index (χ1) is 8.79. The van der Waals surface area contributed by atoms with Crippen LogP contribution < -0.4 is 5.32 Å². The molecule has 0 aliphatic carbocycles. The zero-order chi connectivity index (χ0) is 14.5. The monoisotopic (exact) mass is 299 g/mol. The van der Waals surface area contributed by atoms with Gasteiger partial charge in [0.15, 0.2) is 0 Å². The molecule has 0 atom stereocenters. The van der Waals surface area contributed by atoms with Crippen LogP contribution in [0.1, 0.15) is 0 Å². The Labute approximate surface area is 110 Å². The molecule has 0 aliphatic heterocycles. The molecule has 1 aromatic rings. The normalized spacial score (nSPS) is 11.4. The summed E-state index contributed by atoms with van der Waals surface area (Å²) in [5, 5.41) is 13.2. The summed E-state index contributed by atoms with van der Waals surface area (Å²) in [5.41, 5.74) is -0.319. The van der Waals surface area contributed by atoms with Crippen LogP contribution in [0.25, 0.3) is 0 Å². The Bertz CT molecular complexity index is 456. The van der Waals surface area contributed by atoms with Gasteiger partial charge in [-0.05, 0) is 6.07 Å². The molecule has 0 spiro atoms. The Hall–Kier alpha value is -1.61. The number of hydrogen-bond acceptors (Lipinski definition) is 5. The lowest BCUT2D eigenvalue weighted by molar-refractivity contribution is -0.384. The van der Waals surface area contributed by atoms with E-state index in [1.807, 2.05) is 0 Å². The number of aromatic nitrogens is 1. The van der Waals surface area contributed by atoms with Gasteiger partial charge in [-0.2, -0.15) is 13.2 Å². The molecule has 1 heterocycles. The van der Waals surface area contributed by atoms with Crippen LogP contribution in [0.2, 0.25) is 5.15 Å². The van der Waals surface area contributed by atoms with Crippen LogP contribution in [-0.2, 0) is 4.74 Å². The topological polar surface area (TPSA) is 77.3 Å². The van der Waals surface area contributed by atoms with Gasteiger partial charge in [-0.1, -0.05) is 11.6 Å². The molecule has 1 rings (SSSR count). The lowest BCUT2D eigenvalue weighted by Gasteiger charge is -2.09. The molecule has 0 unspecified atom stereocenters. The van der Waals surface area contributed by atoms with Crippen LogP contribution in [-0.4, -0.2) is 35.8 Å². The molecule has 106 valence electrons. The highest BCUT2D eigenvalue weighted by Gasteiger charge is 2.27. The molecule has 0 saturated carbocycles. The second-order valence-corrected chi connectivity index (χ2v) is 3.74. The van der Waals surface area contributed by atoms with Gasteiger partial charge in [-0.3, -0.25) is 10.1 Å². The highest BCUT2D eigenvalue weighted by molar-refractivity contribution is 6.29. The molecule has 0 amide bonds. The summed E-state index contributed by atoms with van der Waals surface area (Å²) >= 11 is 5.57. The first-order valence-corrected chi connectivity index (χ1v) is 5.37. The van der Waals surface area contributed by atoms with Crippen LogP contribution in [0.3, 0.4) is 0 Å². The number of alkyl halides is 3. The van der Waals surface area contributed by atoms with E-state index in [2.05, 4.69) is 15.0 Å². The van der Waals surface area contributed by atoms with Crippen molar-refractivity contribution < 1.29 is 22.8 Å². The molecule has 0 aliphatic rings. The minimum atomic E-state index is -4.40. The minimum absolute atomic E-state index is 0.0318. The fourth-order valence-corrected chi connectivity index (χ4v) is 1.28. The summed E-state index contributed by atoms with van der Waals surface area (Å²) in [6.07, 6.45) is -4.40. The summed E-state index contributed by atoms with van der Waals surface area (Å²) < 4.78 is 39.6. The third kappa shape index (κ3) is 5.71. The second kappa shape index (κ2) is 6.53. The van der Waals surface area contributed by atoms with Crippen molar-refractivity contribution in [1.82, 2.24) is 4.98 Å². The third-order valence-corrected chi connectivity index (χ3v) is 2.05. The Morgan fingerprint density at radius 3 is 2.74 bits per heavy atom. The van der Waals surface area contributed by atoms with E-state index in [0.717, 1.165) is 6.07 Å². The third-order valence-electron chi connectivity index (χ3n) is 1.84. The van der Waals surface area contributed by atoms with E-state index in [4.69, 9.17) is 11.6 Å². The fraction of sp³-hybridized carbons (Fsp3) is 0.444. The summed E-state index contributed by atoms with van der Waals surface area (Å²) in [7, 11) is 0. The SMILES string of the molecule is O=[N+]([O-])c1ccc(Cl)nc1NCCOCC(F)(F)F. The van der Waals surface area contributed by atoms with Crippen molar-refractivity contribution in [1.29, 1.82) is 0 Å². The van der Waals surface area contributed by atoms with Crippen molar-refractivity contribution in [3.8, 4) is 0 Å². The van der Waals surface area contributed by atoms with E-state index >= 15 is 0 Å². The Morgan fingerprint density at radius 1 is 1.47 bits per heavy atom. The lowest BCUT2D eigenvalue weighted by atomic mass is 10.4. The van der Waals surface area contributed by atoms with Crippen molar-refractivity contribution in [2.75, 3.05) is 25.1 Å². The van der Waals surface area contributed by atoms with Gasteiger partial charge >= 0.3 is 11.9 Å². The largest absolute Gasteiger partial charge is 0.411 e. The highest BCUT2D eigenvalue weighted by atomic mass is 35.5. The molecular formula is C9H9ClF3N3O3. The average molecular weight is 300 g/mol. The van der Waals surface area contributed by atoms with Gasteiger partial charge in [0.05, 0.1) is 11.5 Å². The van der Waals surface area contributed by atoms with Crippen LogP contribution in [0.5, 0.6) is 0 Å². The number of pyridine rings is 1. The first kappa shape index (κ1) is 15.4.